The quantitative estimate of drug-likeness (QED) is 0.439. The first-order valence-corrected chi connectivity index (χ1v) is 12.8. The molecule has 0 saturated carbocycles. The molecule has 0 N–H and O–H groups in total. The van der Waals surface area contributed by atoms with E-state index in [9.17, 15) is 0 Å². The first kappa shape index (κ1) is 24.0. The minimum absolute atomic E-state index is 0.976. The number of aryl methyl sites for hydroxylation is 2. The molecule has 2 aromatic rings. The predicted molar refractivity (Wildman–Crippen MR) is 128 cm³/mol. The maximum Gasteiger partial charge on any atom is 0.153 e. The van der Waals surface area contributed by atoms with Gasteiger partial charge in [-0.2, -0.15) is 0 Å². The normalized spacial score (nSPS) is 15.6. The van der Waals surface area contributed by atoms with Crippen LogP contribution in [-0.2, 0) is 12.8 Å². The van der Waals surface area contributed by atoms with Crippen LogP contribution in [0.3, 0.4) is 0 Å². The van der Waals surface area contributed by atoms with Gasteiger partial charge in [0.1, 0.15) is 0 Å². The van der Waals surface area contributed by atoms with Crippen LogP contribution in [0.2, 0.25) is 0 Å². The Morgan fingerprint density at radius 1 is 0.774 bits per heavy atom. The topological polar surface area (TPSA) is 42.1 Å². The van der Waals surface area contributed by atoms with E-state index < -0.39 is 0 Å². The lowest BCUT2D eigenvalue weighted by atomic mass is 10.2. The zero-order valence-corrected chi connectivity index (χ0v) is 20.0. The van der Waals surface area contributed by atoms with Gasteiger partial charge in [0.05, 0.1) is 0 Å². The second-order valence-corrected chi connectivity index (χ2v) is 9.07. The Balaban J connectivity index is 1.57. The van der Waals surface area contributed by atoms with Gasteiger partial charge in [-0.05, 0) is 89.9 Å². The molecule has 3 heterocycles. The van der Waals surface area contributed by atoms with E-state index in [1.807, 2.05) is 0 Å². The Hall–Kier alpha value is -1.66. The summed E-state index contributed by atoms with van der Waals surface area (Å²) in [7, 11) is 0. The van der Waals surface area contributed by atoms with Crippen molar-refractivity contribution in [3.05, 3.63) is 36.2 Å². The molecule has 0 radical (unpaired) electrons. The van der Waals surface area contributed by atoms with Crippen LogP contribution < -0.4 is 0 Å². The SMILES string of the molecule is CCCCN(CCC)CCCc1nnc(CCCN2CCCCCC2)n1-n1cccc1. The summed E-state index contributed by atoms with van der Waals surface area (Å²) in [5.41, 5.74) is 0. The van der Waals surface area contributed by atoms with Crippen molar-refractivity contribution in [2.24, 2.45) is 0 Å². The van der Waals surface area contributed by atoms with Crippen LogP contribution in [0.5, 0.6) is 0 Å². The van der Waals surface area contributed by atoms with Gasteiger partial charge in [-0.15, -0.1) is 10.2 Å². The summed E-state index contributed by atoms with van der Waals surface area (Å²) in [6.07, 6.45) is 17.8. The molecule has 174 valence electrons. The third kappa shape index (κ3) is 7.76. The maximum atomic E-state index is 4.62. The molecule has 6 heteroatoms. The van der Waals surface area contributed by atoms with Crippen molar-refractivity contribution in [2.75, 3.05) is 39.3 Å². The number of nitrogens with zero attached hydrogens (tertiary/aromatic N) is 6. The number of hydrogen-bond donors (Lipinski definition) is 0. The lowest BCUT2D eigenvalue weighted by molar-refractivity contribution is 0.265. The molecule has 0 aliphatic carbocycles. The molecule has 2 aromatic heterocycles. The van der Waals surface area contributed by atoms with Crippen molar-refractivity contribution in [3.8, 4) is 0 Å². The third-order valence-corrected chi connectivity index (χ3v) is 6.41. The van der Waals surface area contributed by atoms with Crippen molar-refractivity contribution < 1.29 is 0 Å². The molecule has 0 spiro atoms. The molecule has 1 fully saturated rings. The van der Waals surface area contributed by atoms with Crippen LogP contribution in [0.15, 0.2) is 24.5 Å². The minimum atomic E-state index is 0.976. The average Bonchev–Trinajstić information content (AvgIpc) is 3.36. The van der Waals surface area contributed by atoms with E-state index >= 15 is 0 Å². The highest BCUT2D eigenvalue weighted by molar-refractivity contribution is 5.02. The van der Waals surface area contributed by atoms with Gasteiger partial charge >= 0.3 is 0 Å². The summed E-state index contributed by atoms with van der Waals surface area (Å²) in [6, 6.07) is 4.16. The van der Waals surface area contributed by atoms with Gasteiger partial charge in [0, 0.05) is 25.2 Å². The van der Waals surface area contributed by atoms with Gasteiger partial charge in [0.25, 0.3) is 0 Å². The monoisotopic (exact) mass is 428 g/mol. The lowest BCUT2D eigenvalue weighted by Crippen LogP contribution is -2.27. The van der Waals surface area contributed by atoms with Gasteiger partial charge < -0.3 is 9.80 Å². The van der Waals surface area contributed by atoms with Gasteiger partial charge in [-0.25, -0.2) is 4.68 Å². The molecule has 0 aromatic carbocycles. The Labute approximate surface area is 189 Å². The fourth-order valence-electron chi connectivity index (χ4n) is 4.70. The van der Waals surface area contributed by atoms with Crippen molar-refractivity contribution in [3.63, 3.8) is 0 Å². The second-order valence-electron chi connectivity index (χ2n) is 9.07. The van der Waals surface area contributed by atoms with E-state index in [1.54, 1.807) is 0 Å². The predicted octanol–water partition coefficient (Wildman–Crippen LogP) is 4.64. The molecule has 6 nitrogen and oxygen atoms in total. The number of rotatable bonds is 14. The van der Waals surface area contributed by atoms with Crippen molar-refractivity contribution >= 4 is 0 Å². The van der Waals surface area contributed by atoms with Gasteiger partial charge in [-0.3, -0.25) is 4.68 Å². The molecule has 0 bridgehead atoms. The van der Waals surface area contributed by atoms with Crippen LogP contribution in [0.1, 0.15) is 83.3 Å². The third-order valence-electron chi connectivity index (χ3n) is 6.41. The molecule has 1 saturated heterocycles. The largest absolute Gasteiger partial charge is 0.303 e. The van der Waals surface area contributed by atoms with Crippen LogP contribution in [-0.4, -0.2) is 68.6 Å². The number of likely N-dealkylation sites (tertiary alicyclic amines) is 1. The zero-order chi connectivity index (χ0) is 21.7. The van der Waals surface area contributed by atoms with E-state index in [2.05, 4.69) is 67.7 Å². The summed E-state index contributed by atoms with van der Waals surface area (Å²) in [6.45, 7) is 11.8. The van der Waals surface area contributed by atoms with E-state index in [0.29, 0.717) is 0 Å². The number of unbranched alkanes of at least 4 members (excludes halogenated alkanes) is 1. The fraction of sp³-hybridized carbons (Fsp3) is 0.760. The standard InChI is InChI=1S/C25H44N6/c1-3-5-17-28(16-4-2)20-12-14-24-26-27-25(31(24)30-22-10-11-23-30)15-13-21-29-18-8-6-7-9-19-29/h10-11,22-23H,3-9,12-21H2,1-2H3. The van der Waals surface area contributed by atoms with Gasteiger partial charge in [-0.1, -0.05) is 33.1 Å². The molecule has 0 amide bonds. The van der Waals surface area contributed by atoms with Crippen molar-refractivity contribution in [2.45, 2.75) is 84.5 Å². The molecule has 1 aliphatic rings. The Morgan fingerprint density at radius 3 is 2.06 bits per heavy atom. The molecular formula is C25H44N6. The van der Waals surface area contributed by atoms with E-state index in [4.69, 9.17) is 0 Å². The number of hydrogen-bond acceptors (Lipinski definition) is 4. The van der Waals surface area contributed by atoms with Crippen LogP contribution in [0.25, 0.3) is 0 Å². The fourth-order valence-corrected chi connectivity index (χ4v) is 4.70. The summed E-state index contributed by atoms with van der Waals surface area (Å²) in [5, 5.41) is 9.23. The van der Waals surface area contributed by atoms with Crippen molar-refractivity contribution in [1.29, 1.82) is 0 Å². The van der Waals surface area contributed by atoms with Gasteiger partial charge in [0.15, 0.2) is 11.6 Å². The molecule has 0 atom stereocenters. The Kier molecular flexibility index (Phi) is 10.6. The van der Waals surface area contributed by atoms with E-state index in [0.717, 1.165) is 43.9 Å². The highest BCUT2D eigenvalue weighted by Gasteiger charge is 2.15. The molecule has 3 rings (SSSR count). The summed E-state index contributed by atoms with van der Waals surface area (Å²) in [5.74, 6) is 2.19. The molecule has 31 heavy (non-hydrogen) atoms. The first-order valence-electron chi connectivity index (χ1n) is 12.8. The van der Waals surface area contributed by atoms with Crippen LogP contribution in [0, 0.1) is 0 Å². The first-order chi connectivity index (χ1) is 15.3. The molecule has 1 aliphatic heterocycles. The van der Waals surface area contributed by atoms with E-state index in [1.165, 1.54) is 77.7 Å². The minimum Gasteiger partial charge on any atom is -0.303 e. The molecule has 0 unspecified atom stereocenters. The average molecular weight is 429 g/mol. The lowest BCUT2D eigenvalue weighted by Gasteiger charge is -2.21. The zero-order valence-electron chi connectivity index (χ0n) is 20.0. The van der Waals surface area contributed by atoms with E-state index in [-0.39, 0.29) is 0 Å². The highest BCUT2D eigenvalue weighted by Crippen LogP contribution is 2.13. The van der Waals surface area contributed by atoms with Gasteiger partial charge in [0.2, 0.25) is 0 Å². The Morgan fingerprint density at radius 2 is 1.42 bits per heavy atom. The van der Waals surface area contributed by atoms with Crippen LogP contribution >= 0.6 is 0 Å². The highest BCUT2D eigenvalue weighted by atomic mass is 15.5. The Bertz CT molecular complexity index is 700. The summed E-state index contributed by atoms with van der Waals surface area (Å²) >= 11 is 0. The summed E-state index contributed by atoms with van der Waals surface area (Å²) in [4.78, 5) is 5.25. The second kappa shape index (κ2) is 13.7. The van der Waals surface area contributed by atoms with Crippen molar-refractivity contribution in [1.82, 2.24) is 29.3 Å². The number of aromatic nitrogens is 4. The summed E-state index contributed by atoms with van der Waals surface area (Å²) < 4.78 is 4.40. The maximum absolute atomic E-state index is 4.62. The van der Waals surface area contributed by atoms with Crippen LogP contribution in [0.4, 0.5) is 0 Å². The smallest absolute Gasteiger partial charge is 0.153 e. The molecular weight excluding hydrogens is 384 g/mol.